The van der Waals surface area contributed by atoms with E-state index in [1.165, 1.54) is 11.1 Å². The van der Waals surface area contributed by atoms with E-state index in [2.05, 4.69) is 41.4 Å². The summed E-state index contributed by atoms with van der Waals surface area (Å²) < 4.78 is 0. The Morgan fingerprint density at radius 3 is 2.57 bits per heavy atom. The van der Waals surface area contributed by atoms with Gasteiger partial charge in [-0.15, -0.1) is 0 Å². The smallest absolute Gasteiger partial charge is 0.337 e. The summed E-state index contributed by atoms with van der Waals surface area (Å²) >= 11 is 0. The van der Waals surface area contributed by atoms with Gasteiger partial charge in [0.15, 0.2) is 0 Å². The normalized spacial score (nSPS) is 19.3. The van der Waals surface area contributed by atoms with Crippen molar-refractivity contribution < 1.29 is 14.7 Å². The summed E-state index contributed by atoms with van der Waals surface area (Å²) in [6, 6.07) is 13.8. The molecule has 0 radical (unpaired) electrons. The molecule has 2 aliphatic rings. The SMILES string of the molecule is Cc1ccccc1[C@@H]1CCN(c2ccc(NC(=O)C3CCC3)c(C(=O)O)c2)C1. The predicted molar refractivity (Wildman–Crippen MR) is 110 cm³/mol. The molecule has 2 fully saturated rings. The van der Waals surface area contributed by atoms with Crippen LogP contribution >= 0.6 is 0 Å². The van der Waals surface area contributed by atoms with Crippen molar-refractivity contribution >= 4 is 23.3 Å². The monoisotopic (exact) mass is 378 g/mol. The Labute approximate surface area is 165 Å². The number of rotatable bonds is 5. The van der Waals surface area contributed by atoms with Gasteiger partial charge >= 0.3 is 5.97 Å². The number of anilines is 2. The molecule has 1 heterocycles. The van der Waals surface area contributed by atoms with Crippen molar-refractivity contribution in [3.8, 4) is 0 Å². The van der Waals surface area contributed by atoms with Crippen molar-refractivity contribution in [1.82, 2.24) is 0 Å². The van der Waals surface area contributed by atoms with Crippen LogP contribution in [0.5, 0.6) is 0 Å². The van der Waals surface area contributed by atoms with Crippen molar-refractivity contribution in [3.05, 3.63) is 59.2 Å². The van der Waals surface area contributed by atoms with Gasteiger partial charge in [0.2, 0.25) is 5.91 Å². The van der Waals surface area contributed by atoms with E-state index in [1.807, 2.05) is 6.07 Å². The lowest BCUT2D eigenvalue weighted by Crippen LogP contribution is -2.29. The molecule has 0 aromatic heterocycles. The summed E-state index contributed by atoms with van der Waals surface area (Å²) in [4.78, 5) is 26.2. The molecule has 4 rings (SSSR count). The zero-order chi connectivity index (χ0) is 19.7. The highest BCUT2D eigenvalue weighted by Gasteiger charge is 2.28. The second-order valence-corrected chi connectivity index (χ2v) is 7.94. The van der Waals surface area contributed by atoms with Gasteiger partial charge in [-0.3, -0.25) is 4.79 Å². The number of nitrogens with zero attached hydrogens (tertiary/aromatic N) is 1. The van der Waals surface area contributed by atoms with Gasteiger partial charge in [-0.05, 0) is 55.5 Å². The van der Waals surface area contributed by atoms with Crippen molar-refractivity contribution in [3.63, 3.8) is 0 Å². The van der Waals surface area contributed by atoms with E-state index in [0.29, 0.717) is 11.6 Å². The molecule has 1 amide bonds. The van der Waals surface area contributed by atoms with Crippen LogP contribution in [0.2, 0.25) is 0 Å². The fourth-order valence-corrected chi connectivity index (χ4v) is 4.21. The molecule has 2 aromatic carbocycles. The summed E-state index contributed by atoms with van der Waals surface area (Å²) in [7, 11) is 0. The molecule has 1 aliphatic heterocycles. The molecule has 1 aliphatic carbocycles. The Morgan fingerprint density at radius 2 is 1.89 bits per heavy atom. The second kappa shape index (κ2) is 7.66. The van der Waals surface area contributed by atoms with E-state index in [-0.39, 0.29) is 17.4 Å². The van der Waals surface area contributed by atoms with Gasteiger partial charge in [-0.1, -0.05) is 30.7 Å². The summed E-state index contributed by atoms with van der Waals surface area (Å²) in [6.45, 7) is 3.91. The van der Waals surface area contributed by atoms with Crippen LogP contribution < -0.4 is 10.2 Å². The van der Waals surface area contributed by atoms with E-state index in [9.17, 15) is 14.7 Å². The largest absolute Gasteiger partial charge is 0.478 e. The lowest BCUT2D eigenvalue weighted by molar-refractivity contribution is -0.122. The average molecular weight is 378 g/mol. The van der Waals surface area contributed by atoms with E-state index >= 15 is 0 Å². The number of hydrogen-bond acceptors (Lipinski definition) is 3. The maximum Gasteiger partial charge on any atom is 0.337 e. The fourth-order valence-electron chi connectivity index (χ4n) is 4.21. The topological polar surface area (TPSA) is 69.6 Å². The molecule has 1 saturated heterocycles. The van der Waals surface area contributed by atoms with Gasteiger partial charge in [-0.2, -0.15) is 0 Å². The van der Waals surface area contributed by atoms with Crippen LogP contribution in [-0.2, 0) is 4.79 Å². The van der Waals surface area contributed by atoms with Crippen molar-refractivity contribution in [1.29, 1.82) is 0 Å². The lowest BCUT2D eigenvalue weighted by Gasteiger charge is -2.25. The Bertz CT molecular complexity index is 904. The number of carbonyl (C=O) groups is 2. The molecule has 28 heavy (non-hydrogen) atoms. The molecular weight excluding hydrogens is 352 g/mol. The minimum absolute atomic E-state index is 0.0229. The van der Waals surface area contributed by atoms with Gasteiger partial charge in [0.1, 0.15) is 0 Å². The molecular formula is C23H26N2O3. The van der Waals surface area contributed by atoms with Crippen LogP contribution in [0.15, 0.2) is 42.5 Å². The summed E-state index contributed by atoms with van der Waals surface area (Å²) in [5, 5.41) is 12.5. The number of benzene rings is 2. The number of aryl methyl sites for hydroxylation is 1. The number of carboxylic acids is 1. The Morgan fingerprint density at radius 1 is 1.11 bits per heavy atom. The van der Waals surface area contributed by atoms with Crippen molar-refractivity contribution in [2.24, 2.45) is 5.92 Å². The number of nitrogens with one attached hydrogen (secondary N) is 1. The number of carbonyl (C=O) groups excluding carboxylic acids is 1. The summed E-state index contributed by atoms with van der Waals surface area (Å²) in [5.74, 6) is -0.607. The van der Waals surface area contributed by atoms with Gasteiger partial charge in [0.25, 0.3) is 0 Å². The minimum Gasteiger partial charge on any atom is -0.478 e. The highest BCUT2D eigenvalue weighted by molar-refractivity contribution is 6.02. The molecule has 0 spiro atoms. The molecule has 2 aromatic rings. The summed E-state index contributed by atoms with van der Waals surface area (Å²) in [5.41, 5.74) is 4.12. The first kappa shape index (κ1) is 18.5. The molecule has 1 saturated carbocycles. The maximum atomic E-state index is 12.2. The quantitative estimate of drug-likeness (QED) is 0.808. The van der Waals surface area contributed by atoms with E-state index < -0.39 is 5.97 Å². The van der Waals surface area contributed by atoms with Gasteiger partial charge < -0.3 is 15.3 Å². The standard InChI is InChI=1S/C23H26N2O3/c1-15-5-2-3-8-19(15)17-11-12-25(14-17)18-9-10-21(20(13-18)23(27)28)24-22(26)16-6-4-7-16/h2-3,5,8-10,13,16-17H,4,6-7,11-12,14H2,1H3,(H,24,26)(H,27,28)/t17-/m1/s1. The molecule has 2 N–H and O–H groups in total. The lowest BCUT2D eigenvalue weighted by atomic mass is 9.85. The van der Waals surface area contributed by atoms with E-state index in [1.54, 1.807) is 12.1 Å². The highest BCUT2D eigenvalue weighted by atomic mass is 16.4. The van der Waals surface area contributed by atoms with Crippen LogP contribution in [0.25, 0.3) is 0 Å². The maximum absolute atomic E-state index is 12.2. The third kappa shape index (κ3) is 3.61. The molecule has 5 heteroatoms. The van der Waals surface area contributed by atoms with Crippen molar-refractivity contribution in [2.45, 2.75) is 38.5 Å². The van der Waals surface area contributed by atoms with Crippen LogP contribution in [0, 0.1) is 12.8 Å². The fraction of sp³-hybridized carbons (Fsp3) is 0.391. The first-order valence-electron chi connectivity index (χ1n) is 10.0. The first-order valence-corrected chi connectivity index (χ1v) is 10.0. The third-order valence-electron chi connectivity index (χ3n) is 6.15. The molecule has 5 nitrogen and oxygen atoms in total. The van der Waals surface area contributed by atoms with Crippen LogP contribution in [0.4, 0.5) is 11.4 Å². The van der Waals surface area contributed by atoms with Gasteiger partial charge in [0.05, 0.1) is 11.3 Å². The number of carboxylic acid groups (broad SMARTS) is 1. The zero-order valence-electron chi connectivity index (χ0n) is 16.1. The number of hydrogen-bond donors (Lipinski definition) is 2. The zero-order valence-corrected chi connectivity index (χ0v) is 16.1. The predicted octanol–water partition coefficient (Wildman–Crippen LogP) is 4.43. The number of aromatic carboxylic acids is 1. The third-order valence-corrected chi connectivity index (χ3v) is 6.15. The van der Waals surface area contributed by atoms with Crippen molar-refractivity contribution in [2.75, 3.05) is 23.3 Å². The van der Waals surface area contributed by atoms with Crippen LogP contribution in [0.1, 0.15) is 53.1 Å². The number of amides is 1. The van der Waals surface area contributed by atoms with Gasteiger partial charge in [-0.25, -0.2) is 4.79 Å². The Balaban J connectivity index is 1.52. The average Bonchev–Trinajstić information content (AvgIpc) is 3.10. The van der Waals surface area contributed by atoms with Gasteiger partial charge in [0, 0.05) is 30.6 Å². The Hall–Kier alpha value is -2.82. The van der Waals surface area contributed by atoms with E-state index in [4.69, 9.17) is 0 Å². The van der Waals surface area contributed by atoms with Crippen LogP contribution in [-0.4, -0.2) is 30.1 Å². The Kier molecular flexibility index (Phi) is 5.07. The molecule has 0 bridgehead atoms. The van der Waals surface area contributed by atoms with E-state index in [0.717, 1.165) is 44.5 Å². The molecule has 0 unspecified atom stereocenters. The summed E-state index contributed by atoms with van der Waals surface area (Å²) in [6.07, 6.45) is 3.90. The molecule has 1 atom stereocenters. The molecule has 146 valence electrons. The van der Waals surface area contributed by atoms with Crippen LogP contribution in [0.3, 0.4) is 0 Å². The highest BCUT2D eigenvalue weighted by Crippen LogP contribution is 2.34. The first-order chi connectivity index (χ1) is 13.5. The minimum atomic E-state index is -1.01. The second-order valence-electron chi connectivity index (χ2n) is 7.94.